The van der Waals surface area contributed by atoms with Gasteiger partial charge < -0.3 is 14.5 Å². The van der Waals surface area contributed by atoms with Crippen LogP contribution in [0.2, 0.25) is 0 Å². The van der Waals surface area contributed by atoms with E-state index >= 15 is 0 Å². The van der Waals surface area contributed by atoms with Crippen LogP contribution in [0, 0.1) is 0 Å². The third-order valence-corrected chi connectivity index (χ3v) is 3.01. The van der Waals surface area contributed by atoms with Crippen molar-refractivity contribution in [2.75, 3.05) is 0 Å². The summed E-state index contributed by atoms with van der Waals surface area (Å²) in [6.07, 6.45) is 3.20. The van der Waals surface area contributed by atoms with Gasteiger partial charge >= 0.3 is 7.12 Å². The number of rotatable bonds is 1. The Bertz CT molecular complexity index is 569. The topological polar surface area (TPSA) is 53.6 Å². The zero-order valence-electron chi connectivity index (χ0n) is 8.68. The second-order valence-electron chi connectivity index (χ2n) is 4.03. The van der Waals surface area contributed by atoms with Crippen LogP contribution >= 0.6 is 0 Å². The Morgan fingerprint density at radius 1 is 1.12 bits per heavy atom. The average molecular weight is 214 g/mol. The van der Waals surface area contributed by atoms with E-state index in [0.717, 1.165) is 28.7 Å². The maximum atomic E-state index is 9.17. The standard InChI is InChI=1S/C12H11BO3/c14-13(15)8-5-6-12-10(7-8)9-3-1-2-4-11(9)16-12/h1-4,7,14-15H,5-6H2. The highest BCUT2D eigenvalue weighted by molar-refractivity contribution is 6.52. The van der Waals surface area contributed by atoms with Gasteiger partial charge in [0.05, 0.1) is 0 Å². The lowest BCUT2D eigenvalue weighted by Crippen LogP contribution is -2.17. The minimum atomic E-state index is -1.36. The van der Waals surface area contributed by atoms with Crippen molar-refractivity contribution in [1.29, 1.82) is 0 Å². The molecule has 80 valence electrons. The number of hydrogen-bond donors (Lipinski definition) is 2. The number of allylic oxidation sites excluding steroid dienone is 1. The summed E-state index contributed by atoms with van der Waals surface area (Å²) in [6, 6.07) is 7.80. The smallest absolute Gasteiger partial charge is 0.460 e. The molecule has 1 aromatic carbocycles. The van der Waals surface area contributed by atoms with Crippen LogP contribution < -0.4 is 0 Å². The molecule has 0 saturated heterocycles. The Kier molecular flexibility index (Phi) is 2.12. The molecule has 0 radical (unpaired) electrons. The predicted molar refractivity (Wildman–Crippen MR) is 62.7 cm³/mol. The molecular formula is C12H11BO3. The fourth-order valence-electron chi connectivity index (χ4n) is 2.18. The summed E-state index contributed by atoms with van der Waals surface area (Å²) in [5.74, 6) is 0.936. The Balaban J connectivity index is 2.22. The fraction of sp³-hybridized carbons (Fsp3) is 0.167. The highest BCUT2D eigenvalue weighted by Gasteiger charge is 2.23. The van der Waals surface area contributed by atoms with E-state index in [9.17, 15) is 0 Å². The molecule has 1 heterocycles. The molecule has 1 aromatic heterocycles. The summed E-state index contributed by atoms with van der Waals surface area (Å²) >= 11 is 0. The summed E-state index contributed by atoms with van der Waals surface area (Å²) in [5.41, 5.74) is 2.50. The van der Waals surface area contributed by atoms with Gasteiger partial charge in [-0.05, 0) is 18.0 Å². The SMILES string of the molecule is OB(O)C1=Cc2c(oc3ccccc23)CC1. The molecule has 0 bridgehead atoms. The minimum absolute atomic E-state index is 0.643. The molecule has 0 fully saturated rings. The zero-order chi connectivity index (χ0) is 11.1. The fourth-order valence-corrected chi connectivity index (χ4v) is 2.18. The first kappa shape index (κ1) is 9.69. The Morgan fingerprint density at radius 2 is 1.94 bits per heavy atom. The number of aryl methyl sites for hydroxylation is 1. The van der Waals surface area contributed by atoms with Crippen LogP contribution in [0.1, 0.15) is 17.7 Å². The van der Waals surface area contributed by atoms with Crippen LogP contribution in [0.3, 0.4) is 0 Å². The second kappa shape index (κ2) is 3.51. The quantitative estimate of drug-likeness (QED) is 0.711. The molecule has 0 aliphatic heterocycles. The molecule has 3 nitrogen and oxygen atoms in total. The van der Waals surface area contributed by atoms with Crippen molar-refractivity contribution in [3.05, 3.63) is 41.1 Å². The van der Waals surface area contributed by atoms with E-state index in [-0.39, 0.29) is 0 Å². The van der Waals surface area contributed by atoms with Crippen LogP contribution in [0.25, 0.3) is 17.0 Å². The molecule has 0 spiro atoms. The van der Waals surface area contributed by atoms with Crippen molar-refractivity contribution >= 4 is 24.2 Å². The number of hydrogen-bond acceptors (Lipinski definition) is 3. The summed E-state index contributed by atoms with van der Waals surface area (Å²) in [5, 5.41) is 19.4. The van der Waals surface area contributed by atoms with E-state index in [1.807, 2.05) is 30.3 Å². The molecule has 16 heavy (non-hydrogen) atoms. The molecule has 0 unspecified atom stereocenters. The first-order valence-corrected chi connectivity index (χ1v) is 5.33. The third-order valence-electron chi connectivity index (χ3n) is 3.01. The maximum Gasteiger partial charge on any atom is 0.484 e. The van der Waals surface area contributed by atoms with Crippen molar-refractivity contribution < 1.29 is 14.5 Å². The van der Waals surface area contributed by atoms with Gasteiger partial charge in [0, 0.05) is 17.4 Å². The predicted octanol–water partition coefficient (Wildman–Crippen LogP) is 1.77. The van der Waals surface area contributed by atoms with Crippen LogP contribution in [-0.4, -0.2) is 17.2 Å². The summed E-state index contributed by atoms with van der Waals surface area (Å²) in [6.45, 7) is 0. The van der Waals surface area contributed by atoms with Crippen molar-refractivity contribution in [1.82, 2.24) is 0 Å². The first-order valence-electron chi connectivity index (χ1n) is 5.33. The van der Waals surface area contributed by atoms with Gasteiger partial charge in [0.15, 0.2) is 0 Å². The summed E-state index contributed by atoms with van der Waals surface area (Å²) < 4.78 is 5.71. The first-order chi connectivity index (χ1) is 7.75. The summed E-state index contributed by atoms with van der Waals surface area (Å²) in [7, 11) is -1.36. The van der Waals surface area contributed by atoms with Gasteiger partial charge in [0.2, 0.25) is 0 Å². The van der Waals surface area contributed by atoms with Gasteiger partial charge in [-0.3, -0.25) is 0 Å². The zero-order valence-corrected chi connectivity index (χ0v) is 8.68. The molecule has 2 aromatic rings. The van der Waals surface area contributed by atoms with Crippen molar-refractivity contribution in [2.45, 2.75) is 12.8 Å². The Morgan fingerprint density at radius 3 is 2.75 bits per heavy atom. The molecule has 2 N–H and O–H groups in total. The normalized spacial score (nSPS) is 14.8. The highest BCUT2D eigenvalue weighted by atomic mass is 16.4. The van der Waals surface area contributed by atoms with Crippen molar-refractivity contribution in [2.24, 2.45) is 0 Å². The third kappa shape index (κ3) is 1.38. The molecule has 3 rings (SSSR count). The van der Waals surface area contributed by atoms with E-state index in [1.165, 1.54) is 0 Å². The molecule has 0 amide bonds. The molecule has 1 aliphatic rings. The number of para-hydroxylation sites is 1. The summed E-state index contributed by atoms with van der Waals surface area (Å²) in [4.78, 5) is 0. The lowest BCUT2D eigenvalue weighted by atomic mass is 9.73. The maximum absolute atomic E-state index is 9.17. The van der Waals surface area contributed by atoms with Gasteiger partial charge in [-0.1, -0.05) is 24.3 Å². The monoisotopic (exact) mass is 214 g/mol. The van der Waals surface area contributed by atoms with Crippen LogP contribution in [0.5, 0.6) is 0 Å². The molecular weight excluding hydrogens is 203 g/mol. The van der Waals surface area contributed by atoms with E-state index in [4.69, 9.17) is 14.5 Å². The van der Waals surface area contributed by atoms with Gasteiger partial charge in [-0.15, -0.1) is 0 Å². The lowest BCUT2D eigenvalue weighted by molar-refractivity contribution is 0.415. The van der Waals surface area contributed by atoms with Gasteiger partial charge in [0.25, 0.3) is 0 Å². The highest BCUT2D eigenvalue weighted by Crippen LogP contribution is 2.33. The van der Waals surface area contributed by atoms with Crippen LogP contribution in [0.4, 0.5) is 0 Å². The van der Waals surface area contributed by atoms with Crippen molar-refractivity contribution in [3.8, 4) is 0 Å². The molecule has 0 saturated carbocycles. The van der Waals surface area contributed by atoms with Crippen molar-refractivity contribution in [3.63, 3.8) is 0 Å². The average Bonchev–Trinajstić information content (AvgIpc) is 2.66. The number of benzene rings is 1. The largest absolute Gasteiger partial charge is 0.484 e. The Labute approximate surface area is 93.2 Å². The second-order valence-corrected chi connectivity index (χ2v) is 4.03. The number of furan rings is 1. The molecule has 0 atom stereocenters. The van der Waals surface area contributed by atoms with E-state index < -0.39 is 7.12 Å². The van der Waals surface area contributed by atoms with Gasteiger partial charge in [-0.25, -0.2) is 0 Å². The van der Waals surface area contributed by atoms with E-state index in [0.29, 0.717) is 11.9 Å². The molecule has 4 heteroatoms. The molecule has 1 aliphatic carbocycles. The van der Waals surface area contributed by atoms with E-state index in [2.05, 4.69) is 0 Å². The number of fused-ring (bicyclic) bond motifs is 3. The minimum Gasteiger partial charge on any atom is -0.460 e. The lowest BCUT2D eigenvalue weighted by Gasteiger charge is -2.11. The van der Waals surface area contributed by atoms with Crippen LogP contribution in [-0.2, 0) is 6.42 Å². The van der Waals surface area contributed by atoms with Gasteiger partial charge in [-0.2, -0.15) is 0 Å². The van der Waals surface area contributed by atoms with Gasteiger partial charge in [0.1, 0.15) is 11.3 Å². The Hall–Kier alpha value is -1.52. The van der Waals surface area contributed by atoms with Crippen LogP contribution in [0.15, 0.2) is 34.2 Å². The van der Waals surface area contributed by atoms with E-state index in [1.54, 1.807) is 0 Å².